The highest BCUT2D eigenvalue weighted by Gasteiger charge is 2.40. The summed E-state index contributed by atoms with van der Waals surface area (Å²) in [7, 11) is 0. The molecule has 4 rings (SSSR count). The number of rotatable bonds is 2. The molecule has 3 unspecified atom stereocenters. The third-order valence-corrected chi connectivity index (χ3v) is 5.68. The molecule has 0 bridgehead atoms. The Kier molecular flexibility index (Phi) is 3.66. The Morgan fingerprint density at radius 2 is 2.05 bits per heavy atom. The number of hydrogen-bond donors (Lipinski definition) is 3. The van der Waals surface area contributed by atoms with E-state index in [4.69, 9.17) is 0 Å². The van der Waals surface area contributed by atoms with Crippen LogP contribution in [0.4, 0.5) is 0 Å². The maximum atomic E-state index is 12.6. The molecule has 4 heteroatoms. The molecular weight excluding hydrogens is 276 g/mol. The Bertz CT molecular complexity index is 560. The van der Waals surface area contributed by atoms with E-state index < -0.39 is 6.10 Å². The lowest BCUT2D eigenvalue weighted by molar-refractivity contribution is -0.124. The number of hydrogen-bond acceptors (Lipinski definition) is 3. The molecule has 22 heavy (non-hydrogen) atoms. The summed E-state index contributed by atoms with van der Waals surface area (Å²) < 4.78 is 0. The van der Waals surface area contributed by atoms with Crippen molar-refractivity contribution in [1.29, 1.82) is 0 Å². The fourth-order valence-electron chi connectivity index (χ4n) is 4.52. The topological polar surface area (TPSA) is 61.4 Å². The lowest BCUT2D eigenvalue weighted by Gasteiger charge is -2.24. The van der Waals surface area contributed by atoms with Crippen LogP contribution in [0.15, 0.2) is 24.3 Å². The third kappa shape index (κ3) is 2.44. The van der Waals surface area contributed by atoms with Crippen molar-refractivity contribution in [2.45, 2.75) is 62.8 Å². The van der Waals surface area contributed by atoms with Gasteiger partial charge in [-0.05, 0) is 36.3 Å². The number of fused-ring (bicyclic) bond motifs is 2. The summed E-state index contributed by atoms with van der Waals surface area (Å²) in [6, 6.07) is 8.18. The molecule has 1 saturated carbocycles. The molecule has 0 spiro atoms. The highest BCUT2D eigenvalue weighted by Crippen LogP contribution is 2.35. The zero-order chi connectivity index (χ0) is 15.1. The summed E-state index contributed by atoms with van der Waals surface area (Å²) in [5.41, 5.74) is 2.21. The van der Waals surface area contributed by atoms with Gasteiger partial charge in [-0.25, -0.2) is 0 Å². The van der Waals surface area contributed by atoms with Crippen molar-refractivity contribution in [3.63, 3.8) is 0 Å². The largest absolute Gasteiger partial charge is 0.390 e. The molecule has 118 valence electrons. The molecule has 1 amide bonds. The van der Waals surface area contributed by atoms with Crippen LogP contribution in [-0.2, 0) is 11.2 Å². The molecule has 2 aliphatic carbocycles. The average molecular weight is 300 g/mol. The first kappa shape index (κ1) is 14.2. The van der Waals surface area contributed by atoms with E-state index in [1.165, 1.54) is 25.7 Å². The highest BCUT2D eigenvalue weighted by molar-refractivity contribution is 5.83. The molecule has 3 aliphatic rings. The van der Waals surface area contributed by atoms with Gasteiger partial charge in [0.1, 0.15) is 0 Å². The predicted molar refractivity (Wildman–Crippen MR) is 84.3 cm³/mol. The van der Waals surface area contributed by atoms with Crippen molar-refractivity contribution in [3.05, 3.63) is 35.4 Å². The van der Waals surface area contributed by atoms with Crippen LogP contribution in [0.5, 0.6) is 0 Å². The van der Waals surface area contributed by atoms with Crippen LogP contribution in [0, 0.1) is 5.92 Å². The number of amides is 1. The zero-order valence-corrected chi connectivity index (χ0v) is 12.8. The monoisotopic (exact) mass is 300 g/mol. The number of nitrogens with one attached hydrogen (secondary N) is 2. The van der Waals surface area contributed by atoms with Crippen LogP contribution < -0.4 is 10.6 Å². The van der Waals surface area contributed by atoms with Gasteiger partial charge in [0.05, 0.1) is 18.2 Å². The van der Waals surface area contributed by atoms with Crippen LogP contribution in [0.1, 0.15) is 49.3 Å². The number of carbonyl (C=O) groups is 1. The quantitative estimate of drug-likeness (QED) is 0.779. The van der Waals surface area contributed by atoms with Gasteiger partial charge in [-0.1, -0.05) is 37.1 Å². The second kappa shape index (κ2) is 5.67. The minimum absolute atomic E-state index is 0.0511. The van der Waals surface area contributed by atoms with E-state index in [2.05, 4.69) is 10.6 Å². The molecule has 0 aromatic heterocycles. The van der Waals surface area contributed by atoms with Gasteiger partial charge in [-0.15, -0.1) is 0 Å². The fourth-order valence-corrected chi connectivity index (χ4v) is 4.52. The van der Waals surface area contributed by atoms with E-state index in [-0.39, 0.29) is 18.0 Å². The van der Waals surface area contributed by atoms with Crippen molar-refractivity contribution in [1.82, 2.24) is 10.6 Å². The summed E-state index contributed by atoms with van der Waals surface area (Å²) in [5, 5.41) is 16.9. The predicted octanol–water partition coefficient (Wildman–Crippen LogP) is 1.68. The van der Waals surface area contributed by atoms with Crippen LogP contribution in [0.2, 0.25) is 0 Å². The molecule has 1 aromatic carbocycles. The normalized spacial score (nSPS) is 36.7. The Morgan fingerprint density at radius 1 is 1.23 bits per heavy atom. The van der Waals surface area contributed by atoms with Gasteiger partial charge < -0.3 is 15.7 Å². The minimum atomic E-state index is -0.509. The van der Waals surface area contributed by atoms with Gasteiger partial charge in [0.2, 0.25) is 5.91 Å². The van der Waals surface area contributed by atoms with Crippen molar-refractivity contribution in [2.24, 2.45) is 5.92 Å². The van der Waals surface area contributed by atoms with Crippen LogP contribution >= 0.6 is 0 Å². The molecule has 0 radical (unpaired) electrons. The molecule has 4 nitrogen and oxygen atoms in total. The lowest BCUT2D eigenvalue weighted by atomic mass is 9.85. The third-order valence-electron chi connectivity index (χ3n) is 5.68. The van der Waals surface area contributed by atoms with Gasteiger partial charge in [0.15, 0.2) is 0 Å². The Balaban J connectivity index is 1.44. The zero-order valence-electron chi connectivity index (χ0n) is 12.8. The van der Waals surface area contributed by atoms with E-state index in [1.54, 1.807) is 0 Å². The van der Waals surface area contributed by atoms with Gasteiger partial charge in [-0.2, -0.15) is 0 Å². The molecule has 3 N–H and O–H groups in total. The van der Waals surface area contributed by atoms with Crippen LogP contribution in [-0.4, -0.2) is 29.2 Å². The summed E-state index contributed by atoms with van der Waals surface area (Å²) in [6.45, 7) is 0. The number of carbonyl (C=O) groups excluding carboxylic acids is 1. The van der Waals surface area contributed by atoms with E-state index >= 15 is 0 Å². The molecule has 1 aromatic rings. The number of benzene rings is 1. The number of aliphatic hydroxyl groups is 1. The van der Waals surface area contributed by atoms with E-state index in [9.17, 15) is 9.90 Å². The number of aliphatic hydroxyl groups excluding tert-OH is 1. The van der Waals surface area contributed by atoms with Gasteiger partial charge >= 0.3 is 0 Å². The fraction of sp³-hybridized carbons (Fsp3) is 0.611. The van der Waals surface area contributed by atoms with Crippen molar-refractivity contribution >= 4 is 5.91 Å². The molecule has 2 fully saturated rings. The Morgan fingerprint density at radius 3 is 2.91 bits per heavy atom. The van der Waals surface area contributed by atoms with Crippen LogP contribution in [0.25, 0.3) is 0 Å². The first-order valence-electron chi connectivity index (χ1n) is 8.54. The van der Waals surface area contributed by atoms with Crippen molar-refractivity contribution in [2.75, 3.05) is 0 Å². The SMILES string of the molecule is O=C(N[C@H]1c2ccccc2C[C@H]1O)C1CC2CCCCC2N1. The standard InChI is InChI=1S/C18H24N2O2/c21-16-10-11-5-1-3-7-13(11)17(16)20-18(22)15-9-12-6-2-4-8-14(12)19-15/h1,3,5,7,12,14-17,19,21H,2,4,6,8-10H2,(H,20,22)/t12?,14?,15?,16-,17+/m1/s1. The summed E-state index contributed by atoms with van der Waals surface area (Å²) in [6.07, 6.45) is 6.08. The Hall–Kier alpha value is -1.39. The van der Waals surface area contributed by atoms with Gasteiger partial charge in [0.25, 0.3) is 0 Å². The first-order valence-corrected chi connectivity index (χ1v) is 8.54. The molecule has 1 aliphatic heterocycles. The van der Waals surface area contributed by atoms with E-state index in [0.29, 0.717) is 18.4 Å². The van der Waals surface area contributed by atoms with Crippen molar-refractivity contribution in [3.8, 4) is 0 Å². The highest BCUT2D eigenvalue weighted by atomic mass is 16.3. The molecular formula is C18H24N2O2. The van der Waals surface area contributed by atoms with Crippen LogP contribution in [0.3, 0.4) is 0 Å². The minimum Gasteiger partial charge on any atom is -0.390 e. The molecule has 1 heterocycles. The molecule has 1 saturated heterocycles. The van der Waals surface area contributed by atoms with E-state index in [0.717, 1.165) is 17.5 Å². The van der Waals surface area contributed by atoms with Crippen molar-refractivity contribution < 1.29 is 9.90 Å². The average Bonchev–Trinajstić information content (AvgIpc) is 3.09. The maximum Gasteiger partial charge on any atom is 0.237 e. The smallest absolute Gasteiger partial charge is 0.237 e. The molecule has 5 atom stereocenters. The summed E-state index contributed by atoms with van der Waals surface area (Å²) >= 11 is 0. The lowest BCUT2D eigenvalue weighted by Crippen LogP contribution is -2.45. The van der Waals surface area contributed by atoms with Gasteiger partial charge in [-0.3, -0.25) is 4.79 Å². The first-order chi connectivity index (χ1) is 10.7. The van der Waals surface area contributed by atoms with Gasteiger partial charge in [0, 0.05) is 12.5 Å². The van der Waals surface area contributed by atoms with E-state index in [1.807, 2.05) is 24.3 Å². The second-order valence-corrected chi connectivity index (χ2v) is 7.06. The summed E-state index contributed by atoms with van der Waals surface area (Å²) in [5.74, 6) is 0.709. The maximum absolute atomic E-state index is 12.6. The second-order valence-electron chi connectivity index (χ2n) is 7.06. The summed E-state index contributed by atoms with van der Waals surface area (Å²) in [4.78, 5) is 12.6. The Labute approximate surface area is 131 Å².